The molecule has 0 aromatic heterocycles. The lowest BCUT2D eigenvalue weighted by Crippen LogP contribution is -2.57. The highest BCUT2D eigenvalue weighted by Gasteiger charge is 2.36. The minimum atomic E-state index is 0.556. The van der Waals surface area contributed by atoms with Crippen molar-refractivity contribution in [3.8, 4) is 0 Å². The Morgan fingerprint density at radius 2 is 2.18 bits per heavy atom. The molecule has 17 heavy (non-hydrogen) atoms. The average molecular weight is 239 g/mol. The minimum Gasteiger partial charge on any atom is -0.381 e. The number of ether oxygens (including phenoxy) is 1. The van der Waals surface area contributed by atoms with Crippen molar-refractivity contribution in [2.75, 3.05) is 45.9 Å². The molecular weight excluding hydrogens is 214 g/mol. The van der Waals surface area contributed by atoms with E-state index < -0.39 is 0 Å². The van der Waals surface area contributed by atoms with Gasteiger partial charge in [-0.2, -0.15) is 0 Å². The second-order valence-corrected chi connectivity index (χ2v) is 5.75. The van der Waals surface area contributed by atoms with Crippen LogP contribution in [0, 0.1) is 5.92 Å². The van der Waals surface area contributed by atoms with Gasteiger partial charge in [-0.05, 0) is 25.8 Å². The summed E-state index contributed by atoms with van der Waals surface area (Å²) in [6.07, 6.45) is 3.97. The summed E-state index contributed by atoms with van der Waals surface area (Å²) in [5.41, 5.74) is 6.01. The van der Waals surface area contributed by atoms with Crippen molar-refractivity contribution >= 4 is 0 Å². The van der Waals surface area contributed by atoms with Gasteiger partial charge in [-0.15, -0.1) is 0 Å². The monoisotopic (exact) mass is 239 g/mol. The van der Waals surface area contributed by atoms with E-state index in [1.54, 1.807) is 0 Å². The molecule has 0 aromatic rings. The molecule has 0 spiro atoms. The van der Waals surface area contributed by atoms with Crippen molar-refractivity contribution in [3.05, 3.63) is 0 Å². The molecule has 3 saturated heterocycles. The fourth-order valence-electron chi connectivity index (χ4n) is 3.81. The van der Waals surface area contributed by atoms with Crippen LogP contribution in [-0.4, -0.2) is 67.8 Å². The van der Waals surface area contributed by atoms with Crippen LogP contribution < -0.4 is 5.73 Å². The summed E-state index contributed by atoms with van der Waals surface area (Å²) in [6.45, 7) is 7.65. The summed E-state index contributed by atoms with van der Waals surface area (Å²) in [4.78, 5) is 5.31. The zero-order valence-corrected chi connectivity index (χ0v) is 10.7. The minimum absolute atomic E-state index is 0.556. The van der Waals surface area contributed by atoms with Crippen LogP contribution in [0.15, 0.2) is 0 Å². The number of nitrogens with two attached hydrogens (primary N) is 1. The summed E-state index contributed by atoms with van der Waals surface area (Å²) in [5.74, 6) is 0.674. The van der Waals surface area contributed by atoms with Crippen LogP contribution >= 0.6 is 0 Å². The molecular formula is C13H25N3O. The van der Waals surface area contributed by atoms with Gasteiger partial charge in [0.2, 0.25) is 0 Å². The maximum atomic E-state index is 6.01. The molecule has 3 aliphatic heterocycles. The fourth-order valence-corrected chi connectivity index (χ4v) is 3.81. The molecule has 2 N–H and O–H groups in total. The Bertz CT molecular complexity index is 255. The SMILES string of the molecule is NCC(C1CCOC1)N1CCN2CCCC2C1. The maximum Gasteiger partial charge on any atom is 0.0510 e. The third-order valence-electron chi connectivity index (χ3n) is 4.84. The van der Waals surface area contributed by atoms with Gasteiger partial charge in [0.25, 0.3) is 0 Å². The van der Waals surface area contributed by atoms with Gasteiger partial charge in [0.1, 0.15) is 0 Å². The molecule has 3 atom stereocenters. The Morgan fingerprint density at radius 3 is 2.94 bits per heavy atom. The van der Waals surface area contributed by atoms with Gasteiger partial charge in [-0.25, -0.2) is 0 Å². The Labute approximate surface area is 104 Å². The highest BCUT2D eigenvalue weighted by atomic mass is 16.5. The van der Waals surface area contributed by atoms with Gasteiger partial charge >= 0.3 is 0 Å². The molecule has 3 aliphatic rings. The van der Waals surface area contributed by atoms with Crippen LogP contribution in [0.3, 0.4) is 0 Å². The van der Waals surface area contributed by atoms with Crippen molar-refractivity contribution in [3.63, 3.8) is 0 Å². The molecule has 3 heterocycles. The number of hydrogen-bond acceptors (Lipinski definition) is 4. The highest BCUT2D eigenvalue weighted by Crippen LogP contribution is 2.26. The Hall–Kier alpha value is -0.160. The van der Waals surface area contributed by atoms with Crippen molar-refractivity contribution in [1.82, 2.24) is 9.80 Å². The van der Waals surface area contributed by atoms with E-state index in [4.69, 9.17) is 10.5 Å². The number of piperazine rings is 1. The molecule has 0 aromatic carbocycles. The van der Waals surface area contributed by atoms with Gasteiger partial charge in [-0.3, -0.25) is 9.80 Å². The molecule has 98 valence electrons. The lowest BCUT2D eigenvalue weighted by Gasteiger charge is -2.43. The normalized spacial score (nSPS) is 37.2. The van der Waals surface area contributed by atoms with Gasteiger partial charge in [-0.1, -0.05) is 0 Å². The van der Waals surface area contributed by atoms with Gasteiger partial charge in [0.15, 0.2) is 0 Å². The summed E-state index contributed by atoms with van der Waals surface area (Å²) < 4.78 is 5.52. The molecule has 0 bridgehead atoms. The van der Waals surface area contributed by atoms with Crippen LogP contribution in [0.25, 0.3) is 0 Å². The first-order valence-corrected chi connectivity index (χ1v) is 7.14. The highest BCUT2D eigenvalue weighted by molar-refractivity contribution is 4.92. The predicted molar refractivity (Wildman–Crippen MR) is 67.9 cm³/mol. The largest absolute Gasteiger partial charge is 0.381 e. The zero-order valence-electron chi connectivity index (χ0n) is 10.7. The summed E-state index contributed by atoms with van der Waals surface area (Å²) in [7, 11) is 0. The second-order valence-electron chi connectivity index (χ2n) is 5.75. The van der Waals surface area contributed by atoms with Gasteiger partial charge in [0.05, 0.1) is 6.61 Å². The third kappa shape index (κ3) is 2.36. The topological polar surface area (TPSA) is 41.7 Å². The van der Waals surface area contributed by atoms with E-state index >= 15 is 0 Å². The first kappa shape index (κ1) is 11.9. The molecule has 4 heteroatoms. The third-order valence-corrected chi connectivity index (χ3v) is 4.84. The fraction of sp³-hybridized carbons (Fsp3) is 1.00. The lowest BCUT2D eigenvalue weighted by atomic mass is 9.96. The van der Waals surface area contributed by atoms with Crippen molar-refractivity contribution in [2.45, 2.75) is 31.3 Å². The molecule has 3 unspecified atom stereocenters. The summed E-state index contributed by atoms with van der Waals surface area (Å²) >= 11 is 0. The smallest absolute Gasteiger partial charge is 0.0510 e. The quantitative estimate of drug-likeness (QED) is 0.760. The molecule has 3 fully saturated rings. The zero-order chi connectivity index (χ0) is 11.7. The van der Waals surface area contributed by atoms with Crippen LogP contribution in [-0.2, 0) is 4.74 Å². The molecule has 4 nitrogen and oxygen atoms in total. The van der Waals surface area contributed by atoms with E-state index in [1.165, 1.54) is 45.4 Å². The number of hydrogen-bond donors (Lipinski definition) is 1. The van der Waals surface area contributed by atoms with Crippen LogP contribution in [0.5, 0.6) is 0 Å². The summed E-state index contributed by atoms with van der Waals surface area (Å²) in [5, 5.41) is 0. The van der Waals surface area contributed by atoms with Crippen LogP contribution in [0.2, 0.25) is 0 Å². The van der Waals surface area contributed by atoms with Crippen LogP contribution in [0.4, 0.5) is 0 Å². The lowest BCUT2D eigenvalue weighted by molar-refractivity contribution is 0.0479. The Kier molecular flexibility index (Phi) is 3.66. The standard InChI is InChI=1S/C13H25N3O/c14-8-13(11-3-7-17-10-11)16-6-5-15-4-1-2-12(15)9-16/h11-13H,1-10,14H2. The molecule has 0 radical (unpaired) electrons. The molecule has 3 rings (SSSR count). The Balaban J connectivity index is 1.62. The second kappa shape index (κ2) is 5.22. The molecule has 0 saturated carbocycles. The van der Waals surface area contributed by atoms with E-state index in [9.17, 15) is 0 Å². The van der Waals surface area contributed by atoms with Crippen molar-refractivity contribution in [2.24, 2.45) is 11.7 Å². The predicted octanol–water partition coefficient (Wildman–Crippen LogP) is 0.130. The molecule has 0 aliphatic carbocycles. The molecule has 0 amide bonds. The van der Waals surface area contributed by atoms with Crippen molar-refractivity contribution < 1.29 is 4.74 Å². The van der Waals surface area contributed by atoms with Crippen LogP contribution in [0.1, 0.15) is 19.3 Å². The van der Waals surface area contributed by atoms with Gasteiger partial charge in [0, 0.05) is 50.8 Å². The van der Waals surface area contributed by atoms with E-state index in [1.807, 2.05) is 0 Å². The van der Waals surface area contributed by atoms with Gasteiger partial charge < -0.3 is 10.5 Å². The number of fused-ring (bicyclic) bond motifs is 1. The first-order valence-electron chi connectivity index (χ1n) is 7.14. The van der Waals surface area contributed by atoms with Crippen molar-refractivity contribution in [1.29, 1.82) is 0 Å². The Morgan fingerprint density at radius 1 is 1.24 bits per heavy atom. The van der Waals surface area contributed by atoms with E-state index in [0.29, 0.717) is 12.0 Å². The summed E-state index contributed by atoms with van der Waals surface area (Å²) in [6, 6.07) is 1.36. The average Bonchev–Trinajstić information content (AvgIpc) is 2.99. The first-order chi connectivity index (χ1) is 8.38. The van der Waals surface area contributed by atoms with E-state index in [2.05, 4.69) is 9.80 Å². The maximum absolute atomic E-state index is 6.01. The van der Waals surface area contributed by atoms with E-state index in [0.717, 1.165) is 25.8 Å². The number of rotatable bonds is 3. The number of nitrogens with zero attached hydrogens (tertiary/aromatic N) is 2. The van der Waals surface area contributed by atoms with E-state index in [-0.39, 0.29) is 0 Å².